The van der Waals surface area contributed by atoms with Crippen LogP contribution in [0.4, 0.5) is 10.5 Å². The quantitative estimate of drug-likeness (QED) is 0.809. The molecule has 0 aromatic heterocycles. The lowest BCUT2D eigenvalue weighted by Gasteiger charge is -2.19. The molecule has 88 valence electrons. The maximum atomic E-state index is 11.5. The van der Waals surface area contributed by atoms with Crippen LogP contribution in [0.2, 0.25) is 0 Å². The summed E-state index contributed by atoms with van der Waals surface area (Å²) in [5, 5.41) is 0. The van der Waals surface area contributed by atoms with Gasteiger partial charge in [-0.3, -0.25) is 0 Å². The van der Waals surface area contributed by atoms with Gasteiger partial charge in [-0.1, -0.05) is 18.2 Å². The van der Waals surface area contributed by atoms with Crippen molar-refractivity contribution in [3.63, 3.8) is 0 Å². The number of anilines is 1. The number of ether oxygens (including phenoxy) is 1. The van der Waals surface area contributed by atoms with E-state index < -0.39 is 16.1 Å². The van der Waals surface area contributed by atoms with Crippen molar-refractivity contribution < 1.29 is 17.9 Å². The summed E-state index contributed by atoms with van der Waals surface area (Å²) in [7, 11) is -3.68. The van der Waals surface area contributed by atoms with Gasteiger partial charge in [0.1, 0.15) is 0 Å². The van der Waals surface area contributed by atoms with Crippen LogP contribution in [0.1, 0.15) is 6.92 Å². The summed E-state index contributed by atoms with van der Waals surface area (Å²) in [4.78, 5) is 11.5. The van der Waals surface area contributed by atoms with Crippen molar-refractivity contribution in [3.8, 4) is 0 Å². The fraction of sp³-hybridized carbons (Fsp3) is 0.300. The summed E-state index contributed by atoms with van der Waals surface area (Å²) in [5.41, 5.74) is 0.267. The molecule has 0 N–H and O–H groups in total. The van der Waals surface area contributed by atoms with Gasteiger partial charge in [-0.2, -0.15) is 4.31 Å². The first-order valence-electron chi connectivity index (χ1n) is 4.69. The van der Waals surface area contributed by atoms with Crippen LogP contribution in [-0.4, -0.2) is 27.4 Å². The molecule has 0 atom stereocenters. The lowest BCUT2D eigenvalue weighted by molar-refractivity contribution is 0.164. The Morgan fingerprint density at radius 3 is 2.31 bits per heavy atom. The number of hydrogen-bond donors (Lipinski definition) is 0. The Labute approximate surface area is 94.7 Å². The van der Waals surface area contributed by atoms with Crippen LogP contribution in [0, 0.1) is 0 Å². The van der Waals surface area contributed by atoms with E-state index in [-0.39, 0.29) is 12.3 Å². The Hall–Kier alpha value is -1.56. The Morgan fingerprint density at radius 2 is 1.88 bits per heavy atom. The van der Waals surface area contributed by atoms with Crippen LogP contribution in [0.15, 0.2) is 30.3 Å². The minimum Gasteiger partial charge on any atom is -0.449 e. The molecule has 1 rings (SSSR count). The molecule has 0 aliphatic carbocycles. The second-order valence-corrected chi connectivity index (χ2v) is 4.89. The molecule has 6 heteroatoms. The van der Waals surface area contributed by atoms with Gasteiger partial charge >= 0.3 is 6.09 Å². The van der Waals surface area contributed by atoms with Gasteiger partial charge < -0.3 is 4.74 Å². The first-order chi connectivity index (χ1) is 7.46. The predicted molar refractivity (Wildman–Crippen MR) is 60.8 cm³/mol. The van der Waals surface area contributed by atoms with Crippen LogP contribution < -0.4 is 4.31 Å². The highest BCUT2D eigenvalue weighted by Gasteiger charge is 2.26. The van der Waals surface area contributed by atoms with Gasteiger partial charge in [-0.15, -0.1) is 0 Å². The van der Waals surface area contributed by atoms with Crippen molar-refractivity contribution in [2.24, 2.45) is 0 Å². The summed E-state index contributed by atoms with van der Waals surface area (Å²) >= 11 is 0. The summed E-state index contributed by atoms with van der Waals surface area (Å²) in [6, 6.07) is 8.07. The van der Waals surface area contributed by atoms with Crippen molar-refractivity contribution in [2.45, 2.75) is 6.92 Å². The highest BCUT2D eigenvalue weighted by Crippen LogP contribution is 2.17. The standard InChI is InChI=1S/C10H13NO4S/c1-3-15-10(12)11(16(2,13)14)9-7-5-4-6-8-9/h4-8H,3H2,1-2H3. The monoisotopic (exact) mass is 243 g/mol. The zero-order valence-electron chi connectivity index (χ0n) is 9.08. The van der Waals surface area contributed by atoms with E-state index in [4.69, 9.17) is 4.74 Å². The number of carbonyl (C=O) groups excluding carboxylic acids is 1. The molecular formula is C10H13NO4S. The molecule has 0 aliphatic rings. The highest BCUT2D eigenvalue weighted by molar-refractivity contribution is 7.92. The van der Waals surface area contributed by atoms with Gasteiger partial charge in [-0.05, 0) is 19.1 Å². The number of hydrogen-bond acceptors (Lipinski definition) is 4. The molecule has 0 heterocycles. The van der Waals surface area contributed by atoms with Gasteiger partial charge in [0.25, 0.3) is 0 Å². The van der Waals surface area contributed by atoms with E-state index in [9.17, 15) is 13.2 Å². The molecule has 1 amide bonds. The molecule has 0 spiro atoms. The molecule has 0 unspecified atom stereocenters. The van der Waals surface area contributed by atoms with E-state index in [2.05, 4.69) is 0 Å². The first kappa shape index (κ1) is 12.5. The van der Waals surface area contributed by atoms with Crippen LogP contribution in [0.5, 0.6) is 0 Å². The molecule has 0 saturated carbocycles. The van der Waals surface area contributed by atoms with E-state index in [0.717, 1.165) is 6.26 Å². The third-order valence-electron chi connectivity index (χ3n) is 1.76. The molecule has 1 aromatic rings. The van der Waals surface area contributed by atoms with E-state index in [1.165, 1.54) is 12.1 Å². The fourth-order valence-electron chi connectivity index (χ4n) is 1.18. The summed E-state index contributed by atoms with van der Waals surface area (Å²) in [5.74, 6) is 0. The third kappa shape index (κ3) is 2.96. The van der Waals surface area contributed by atoms with Crippen molar-refractivity contribution >= 4 is 21.8 Å². The number of sulfonamides is 1. The first-order valence-corrected chi connectivity index (χ1v) is 6.53. The Kier molecular flexibility index (Phi) is 3.89. The zero-order valence-corrected chi connectivity index (χ0v) is 9.90. The largest absolute Gasteiger partial charge is 0.449 e. The minimum absolute atomic E-state index is 0.123. The van der Waals surface area contributed by atoms with Crippen LogP contribution >= 0.6 is 0 Å². The summed E-state index contributed by atoms with van der Waals surface area (Å²) < 4.78 is 28.3. The van der Waals surface area contributed by atoms with Crippen LogP contribution in [-0.2, 0) is 14.8 Å². The van der Waals surface area contributed by atoms with E-state index in [1.807, 2.05) is 0 Å². The average molecular weight is 243 g/mol. The second kappa shape index (κ2) is 4.98. The number of benzene rings is 1. The van der Waals surface area contributed by atoms with E-state index in [0.29, 0.717) is 4.31 Å². The van der Waals surface area contributed by atoms with Crippen molar-refractivity contribution in [2.75, 3.05) is 17.2 Å². The van der Waals surface area contributed by atoms with Gasteiger partial charge in [-0.25, -0.2) is 13.2 Å². The predicted octanol–water partition coefficient (Wildman–Crippen LogP) is 1.61. The number of para-hydroxylation sites is 1. The molecule has 1 aromatic carbocycles. The normalized spacial score (nSPS) is 10.9. The van der Waals surface area contributed by atoms with E-state index in [1.54, 1.807) is 25.1 Å². The summed E-state index contributed by atoms with van der Waals surface area (Å²) in [6.07, 6.45) is 0.0629. The number of carbonyl (C=O) groups is 1. The van der Waals surface area contributed by atoms with Gasteiger partial charge in [0, 0.05) is 0 Å². The SMILES string of the molecule is CCOC(=O)N(c1ccccc1)S(C)(=O)=O. The van der Waals surface area contributed by atoms with Crippen molar-refractivity contribution in [3.05, 3.63) is 30.3 Å². The molecule has 0 radical (unpaired) electrons. The second-order valence-electron chi connectivity index (χ2n) is 3.06. The molecule has 0 saturated heterocycles. The Morgan fingerprint density at radius 1 is 1.31 bits per heavy atom. The maximum absolute atomic E-state index is 11.5. The Balaban J connectivity index is 3.13. The van der Waals surface area contributed by atoms with Crippen LogP contribution in [0.25, 0.3) is 0 Å². The highest BCUT2D eigenvalue weighted by atomic mass is 32.2. The number of amides is 1. The molecule has 0 fully saturated rings. The molecule has 0 bridgehead atoms. The van der Waals surface area contributed by atoms with Gasteiger partial charge in [0.05, 0.1) is 18.6 Å². The Bertz CT molecular complexity index is 455. The number of rotatable bonds is 3. The molecule has 5 nitrogen and oxygen atoms in total. The number of nitrogens with zero attached hydrogens (tertiary/aromatic N) is 1. The lowest BCUT2D eigenvalue weighted by atomic mass is 10.3. The van der Waals surface area contributed by atoms with Crippen LogP contribution in [0.3, 0.4) is 0 Å². The third-order valence-corrected chi connectivity index (χ3v) is 2.78. The maximum Gasteiger partial charge on any atom is 0.428 e. The molecule has 0 aliphatic heterocycles. The van der Waals surface area contributed by atoms with Gasteiger partial charge in [0.15, 0.2) is 0 Å². The average Bonchev–Trinajstić information content (AvgIpc) is 2.17. The van der Waals surface area contributed by atoms with Crippen molar-refractivity contribution in [1.29, 1.82) is 0 Å². The van der Waals surface area contributed by atoms with Gasteiger partial charge in [0.2, 0.25) is 10.0 Å². The fourth-order valence-corrected chi connectivity index (χ4v) is 2.01. The van der Waals surface area contributed by atoms with E-state index >= 15 is 0 Å². The summed E-state index contributed by atoms with van der Waals surface area (Å²) in [6.45, 7) is 1.74. The lowest BCUT2D eigenvalue weighted by Crippen LogP contribution is -2.36. The van der Waals surface area contributed by atoms with Crippen molar-refractivity contribution in [1.82, 2.24) is 0 Å². The topological polar surface area (TPSA) is 63.7 Å². The zero-order chi connectivity index (χ0) is 12.2. The molecular weight excluding hydrogens is 230 g/mol. The minimum atomic E-state index is -3.68. The smallest absolute Gasteiger partial charge is 0.428 e. The molecule has 16 heavy (non-hydrogen) atoms.